The summed E-state index contributed by atoms with van der Waals surface area (Å²) >= 11 is 0. The summed E-state index contributed by atoms with van der Waals surface area (Å²) in [6, 6.07) is 9.96. The largest absolute Gasteiger partial charge is 0.455 e. The van der Waals surface area contributed by atoms with E-state index in [1.165, 1.54) is 6.92 Å². The number of carbonyl (C=O) groups is 2. The molecule has 6 nitrogen and oxygen atoms in total. The van der Waals surface area contributed by atoms with Crippen LogP contribution in [0.5, 0.6) is 0 Å². The average molecular weight is 306 g/mol. The lowest BCUT2D eigenvalue weighted by atomic mass is 9.95. The molecule has 1 aliphatic heterocycles. The van der Waals surface area contributed by atoms with Crippen LogP contribution in [-0.4, -0.2) is 37.0 Å². The molecule has 22 heavy (non-hydrogen) atoms. The van der Waals surface area contributed by atoms with Crippen molar-refractivity contribution < 1.29 is 19.2 Å². The van der Waals surface area contributed by atoms with E-state index in [1.807, 2.05) is 30.3 Å². The van der Waals surface area contributed by atoms with Crippen molar-refractivity contribution in [1.82, 2.24) is 10.8 Å². The first-order valence-corrected chi connectivity index (χ1v) is 7.45. The van der Waals surface area contributed by atoms with Gasteiger partial charge >= 0.3 is 0 Å². The Hall–Kier alpha value is -1.76. The highest BCUT2D eigenvalue weighted by atomic mass is 16.6. The maximum absolute atomic E-state index is 11.5. The lowest BCUT2D eigenvalue weighted by Gasteiger charge is -2.33. The van der Waals surface area contributed by atoms with Crippen LogP contribution < -0.4 is 10.8 Å². The standard InChI is InChI=1S/C16H22N2O4/c1-12(20)16(21-11-19)15-8-7-14(9-17-15)18-22-10-13-5-3-2-4-6-13/h2-6,11,14-18H,7-10H2,1H3. The molecule has 0 aromatic heterocycles. The van der Waals surface area contributed by atoms with Crippen molar-refractivity contribution in [1.29, 1.82) is 0 Å². The minimum Gasteiger partial charge on any atom is -0.455 e. The molecule has 3 atom stereocenters. The van der Waals surface area contributed by atoms with Crippen molar-refractivity contribution in [2.24, 2.45) is 0 Å². The Labute approximate surface area is 130 Å². The summed E-state index contributed by atoms with van der Waals surface area (Å²) in [6.45, 7) is 2.93. The number of carbonyl (C=O) groups excluding carboxylic acids is 2. The summed E-state index contributed by atoms with van der Waals surface area (Å²) in [5.41, 5.74) is 4.14. The van der Waals surface area contributed by atoms with Gasteiger partial charge in [-0.15, -0.1) is 0 Å². The lowest BCUT2D eigenvalue weighted by Crippen LogP contribution is -2.54. The predicted octanol–water partition coefficient (Wildman–Crippen LogP) is 0.959. The van der Waals surface area contributed by atoms with Crippen LogP contribution in [0.3, 0.4) is 0 Å². The van der Waals surface area contributed by atoms with Crippen LogP contribution in [0, 0.1) is 0 Å². The Balaban J connectivity index is 1.70. The highest BCUT2D eigenvalue weighted by Gasteiger charge is 2.31. The zero-order valence-corrected chi connectivity index (χ0v) is 12.7. The summed E-state index contributed by atoms with van der Waals surface area (Å²) in [4.78, 5) is 27.5. The molecule has 6 heteroatoms. The van der Waals surface area contributed by atoms with Crippen molar-refractivity contribution in [3.63, 3.8) is 0 Å². The third kappa shape index (κ3) is 4.91. The number of rotatable bonds is 8. The molecule has 1 aromatic rings. The smallest absolute Gasteiger partial charge is 0.293 e. The third-order valence-corrected chi connectivity index (χ3v) is 3.75. The predicted molar refractivity (Wildman–Crippen MR) is 80.8 cm³/mol. The van der Waals surface area contributed by atoms with E-state index in [0.717, 1.165) is 18.4 Å². The highest BCUT2D eigenvalue weighted by molar-refractivity contribution is 5.82. The summed E-state index contributed by atoms with van der Waals surface area (Å²) < 4.78 is 4.87. The van der Waals surface area contributed by atoms with Gasteiger partial charge in [-0.2, -0.15) is 5.48 Å². The normalized spacial score (nSPS) is 22.8. The van der Waals surface area contributed by atoms with Crippen LogP contribution in [0.15, 0.2) is 30.3 Å². The van der Waals surface area contributed by atoms with E-state index < -0.39 is 6.10 Å². The van der Waals surface area contributed by atoms with E-state index in [-0.39, 0.29) is 17.9 Å². The van der Waals surface area contributed by atoms with Gasteiger partial charge in [-0.1, -0.05) is 30.3 Å². The fourth-order valence-corrected chi connectivity index (χ4v) is 2.59. The zero-order chi connectivity index (χ0) is 15.8. The van der Waals surface area contributed by atoms with Crippen molar-refractivity contribution in [2.45, 2.75) is 44.6 Å². The molecule has 1 saturated heterocycles. The van der Waals surface area contributed by atoms with Crippen LogP contribution in [0.1, 0.15) is 25.3 Å². The highest BCUT2D eigenvalue weighted by Crippen LogP contribution is 2.14. The van der Waals surface area contributed by atoms with Gasteiger partial charge in [0, 0.05) is 12.6 Å². The summed E-state index contributed by atoms with van der Waals surface area (Å²) in [5, 5.41) is 3.24. The monoisotopic (exact) mass is 306 g/mol. The summed E-state index contributed by atoms with van der Waals surface area (Å²) in [6.07, 6.45) is 0.881. The number of Topliss-reactive ketones (excluding diaryl/α,β-unsaturated/α-hetero) is 1. The van der Waals surface area contributed by atoms with Crippen LogP contribution in [0.4, 0.5) is 0 Å². The molecule has 0 spiro atoms. The van der Waals surface area contributed by atoms with E-state index in [1.54, 1.807) is 0 Å². The van der Waals surface area contributed by atoms with Crippen LogP contribution in [0.2, 0.25) is 0 Å². The Kier molecular flexibility index (Phi) is 6.51. The molecule has 2 N–H and O–H groups in total. The topological polar surface area (TPSA) is 76.7 Å². The van der Waals surface area contributed by atoms with Gasteiger partial charge in [0.05, 0.1) is 12.6 Å². The number of nitrogens with one attached hydrogen (secondary N) is 2. The van der Waals surface area contributed by atoms with Crippen molar-refractivity contribution >= 4 is 12.3 Å². The number of hydroxylamine groups is 1. The summed E-state index contributed by atoms with van der Waals surface area (Å²) in [5.74, 6) is -0.142. The van der Waals surface area contributed by atoms with Gasteiger partial charge in [0.2, 0.25) is 0 Å². The van der Waals surface area contributed by atoms with Gasteiger partial charge in [0.15, 0.2) is 11.9 Å². The molecule has 0 amide bonds. The Morgan fingerprint density at radius 3 is 2.77 bits per heavy atom. The molecule has 1 fully saturated rings. The molecule has 1 aliphatic rings. The first-order valence-electron chi connectivity index (χ1n) is 7.45. The van der Waals surface area contributed by atoms with Gasteiger partial charge in [-0.3, -0.25) is 14.4 Å². The van der Waals surface area contributed by atoms with Crippen molar-refractivity contribution in [2.75, 3.05) is 6.54 Å². The first kappa shape index (κ1) is 16.6. The molecular weight excluding hydrogens is 284 g/mol. The number of ketones is 1. The number of hydrogen-bond donors (Lipinski definition) is 2. The maximum atomic E-state index is 11.5. The van der Waals surface area contributed by atoms with Crippen LogP contribution in [-0.2, 0) is 25.8 Å². The molecule has 0 saturated carbocycles. The molecule has 1 heterocycles. The van der Waals surface area contributed by atoms with E-state index >= 15 is 0 Å². The van der Waals surface area contributed by atoms with E-state index in [9.17, 15) is 9.59 Å². The maximum Gasteiger partial charge on any atom is 0.293 e. The van der Waals surface area contributed by atoms with Crippen molar-refractivity contribution in [3.8, 4) is 0 Å². The van der Waals surface area contributed by atoms with Gasteiger partial charge < -0.3 is 10.1 Å². The molecule has 1 aromatic carbocycles. The molecule has 120 valence electrons. The number of piperidine rings is 1. The number of benzene rings is 1. The Morgan fingerprint density at radius 1 is 1.41 bits per heavy atom. The fraction of sp³-hybridized carbons (Fsp3) is 0.500. The van der Waals surface area contributed by atoms with E-state index in [4.69, 9.17) is 9.57 Å². The molecule has 3 unspecified atom stereocenters. The zero-order valence-electron chi connectivity index (χ0n) is 12.7. The SMILES string of the molecule is CC(=O)C(OC=O)C1CCC(NOCc2ccccc2)CN1. The van der Waals surface area contributed by atoms with Crippen LogP contribution in [0.25, 0.3) is 0 Å². The lowest BCUT2D eigenvalue weighted by molar-refractivity contribution is -0.145. The quantitative estimate of drug-likeness (QED) is 0.550. The number of ether oxygens (including phenoxy) is 1. The second-order valence-corrected chi connectivity index (χ2v) is 5.44. The molecular formula is C16H22N2O4. The van der Waals surface area contributed by atoms with Gasteiger partial charge in [-0.25, -0.2) is 0 Å². The van der Waals surface area contributed by atoms with Gasteiger partial charge in [-0.05, 0) is 25.3 Å². The minimum atomic E-state index is -0.705. The first-order chi connectivity index (χ1) is 10.7. The molecule has 0 aliphatic carbocycles. The third-order valence-electron chi connectivity index (χ3n) is 3.75. The average Bonchev–Trinajstić information content (AvgIpc) is 2.54. The van der Waals surface area contributed by atoms with E-state index in [0.29, 0.717) is 19.6 Å². The van der Waals surface area contributed by atoms with Gasteiger partial charge in [0.25, 0.3) is 6.47 Å². The second kappa shape index (κ2) is 8.63. The minimum absolute atomic E-state index is 0.130. The van der Waals surface area contributed by atoms with Crippen LogP contribution >= 0.6 is 0 Å². The Morgan fingerprint density at radius 2 is 2.18 bits per heavy atom. The Bertz CT molecular complexity index is 472. The van der Waals surface area contributed by atoms with E-state index in [2.05, 4.69) is 10.8 Å². The molecule has 2 rings (SSSR count). The summed E-state index contributed by atoms with van der Waals surface area (Å²) in [7, 11) is 0. The molecule has 0 bridgehead atoms. The fourth-order valence-electron chi connectivity index (χ4n) is 2.59. The van der Waals surface area contributed by atoms with Crippen molar-refractivity contribution in [3.05, 3.63) is 35.9 Å². The second-order valence-electron chi connectivity index (χ2n) is 5.44. The van der Waals surface area contributed by atoms with Gasteiger partial charge in [0.1, 0.15) is 0 Å². The molecule has 0 radical (unpaired) electrons. The number of hydrogen-bond acceptors (Lipinski definition) is 6.